The Balaban J connectivity index is 1.60. The third kappa shape index (κ3) is 5.26. The lowest BCUT2D eigenvalue weighted by molar-refractivity contribution is 0.0622. The number of nitrogens with one attached hydrogen (secondary N) is 1. The molecule has 1 aromatic carbocycles. The van der Waals surface area contributed by atoms with Gasteiger partial charge in [0.2, 0.25) is 5.95 Å². The van der Waals surface area contributed by atoms with Crippen LogP contribution in [0.5, 0.6) is 0 Å². The number of carbonyl (C=O) groups excluding carboxylic acids is 1. The average molecular weight is 367 g/mol. The molecular formula is C21H29N5O. The second-order valence-electron chi connectivity index (χ2n) is 7.23. The molecule has 0 saturated carbocycles. The van der Waals surface area contributed by atoms with Gasteiger partial charge in [-0.3, -0.25) is 9.69 Å². The van der Waals surface area contributed by atoms with E-state index in [1.165, 1.54) is 5.56 Å². The number of benzene rings is 1. The first-order chi connectivity index (χ1) is 13.0. The highest BCUT2D eigenvalue weighted by Gasteiger charge is 2.23. The van der Waals surface area contributed by atoms with E-state index in [2.05, 4.69) is 58.3 Å². The number of piperazine rings is 1. The molecule has 1 atom stereocenters. The van der Waals surface area contributed by atoms with E-state index in [9.17, 15) is 4.79 Å². The highest BCUT2D eigenvalue weighted by atomic mass is 16.2. The van der Waals surface area contributed by atoms with E-state index in [4.69, 9.17) is 0 Å². The summed E-state index contributed by atoms with van der Waals surface area (Å²) in [5, 5.41) is 3.26. The van der Waals surface area contributed by atoms with Gasteiger partial charge in [0.25, 0.3) is 5.91 Å². The first kappa shape index (κ1) is 19.3. The van der Waals surface area contributed by atoms with Gasteiger partial charge in [-0.2, -0.15) is 0 Å². The van der Waals surface area contributed by atoms with Crippen LogP contribution in [-0.2, 0) is 6.54 Å². The maximum atomic E-state index is 12.9. The van der Waals surface area contributed by atoms with Gasteiger partial charge in [0.15, 0.2) is 0 Å². The highest BCUT2D eigenvalue weighted by molar-refractivity contribution is 5.92. The van der Waals surface area contributed by atoms with Crippen molar-refractivity contribution in [1.29, 1.82) is 0 Å². The quantitative estimate of drug-likeness (QED) is 0.851. The Morgan fingerprint density at radius 3 is 2.52 bits per heavy atom. The van der Waals surface area contributed by atoms with Crippen molar-refractivity contribution in [2.24, 2.45) is 0 Å². The van der Waals surface area contributed by atoms with Crippen LogP contribution in [-0.4, -0.2) is 57.9 Å². The van der Waals surface area contributed by atoms with Gasteiger partial charge < -0.3 is 10.2 Å². The van der Waals surface area contributed by atoms with Gasteiger partial charge in [-0.05, 0) is 31.9 Å². The summed E-state index contributed by atoms with van der Waals surface area (Å²) >= 11 is 0. The first-order valence-electron chi connectivity index (χ1n) is 9.73. The minimum atomic E-state index is -0.00735. The summed E-state index contributed by atoms with van der Waals surface area (Å²) in [5.74, 6) is 0.530. The van der Waals surface area contributed by atoms with Crippen LogP contribution in [0.1, 0.15) is 42.0 Å². The summed E-state index contributed by atoms with van der Waals surface area (Å²) in [6.07, 6.45) is 0.976. The van der Waals surface area contributed by atoms with E-state index in [0.29, 0.717) is 11.6 Å². The Bertz CT molecular complexity index is 756. The standard InChI is InChI=1S/C21H29N5O/c1-4-16(2)22-21-23-17(3)14-19(24-21)20(27)26-12-10-25(11-13-26)15-18-8-6-5-7-9-18/h5-9,14,16H,4,10-13,15H2,1-3H3,(H,22,23,24). The van der Waals surface area contributed by atoms with Crippen LogP contribution in [0.3, 0.4) is 0 Å². The predicted molar refractivity (Wildman–Crippen MR) is 108 cm³/mol. The van der Waals surface area contributed by atoms with Gasteiger partial charge in [0.05, 0.1) is 0 Å². The van der Waals surface area contributed by atoms with Crippen molar-refractivity contribution in [1.82, 2.24) is 19.8 Å². The largest absolute Gasteiger partial charge is 0.352 e. The molecule has 27 heavy (non-hydrogen) atoms. The van der Waals surface area contributed by atoms with Gasteiger partial charge in [0, 0.05) is 44.5 Å². The first-order valence-corrected chi connectivity index (χ1v) is 9.73. The fourth-order valence-corrected chi connectivity index (χ4v) is 3.18. The van der Waals surface area contributed by atoms with Crippen molar-refractivity contribution in [3.63, 3.8) is 0 Å². The molecule has 0 spiro atoms. The molecular weight excluding hydrogens is 338 g/mol. The number of amides is 1. The lowest BCUT2D eigenvalue weighted by Gasteiger charge is -2.34. The molecule has 2 heterocycles. The number of rotatable bonds is 6. The molecule has 1 aliphatic rings. The molecule has 3 rings (SSSR count). The van der Waals surface area contributed by atoms with Crippen molar-refractivity contribution in [2.75, 3.05) is 31.5 Å². The van der Waals surface area contributed by atoms with Crippen LogP contribution in [0.25, 0.3) is 0 Å². The zero-order chi connectivity index (χ0) is 19.2. The number of aryl methyl sites for hydroxylation is 1. The summed E-state index contributed by atoms with van der Waals surface area (Å²) in [6, 6.07) is 12.5. The number of aromatic nitrogens is 2. The molecule has 1 fully saturated rings. The molecule has 144 valence electrons. The van der Waals surface area contributed by atoms with Crippen molar-refractivity contribution < 1.29 is 4.79 Å². The van der Waals surface area contributed by atoms with Crippen molar-refractivity contribution >= 4 is 11.9 Å². The molecule has 1 amide bonds. The predicted octanol–water partition coefficient (Wildman–Crippen LogP) is 2.95. The molecule has 0 bridgehead atoms. The molecule has 6 heteroatoms. The summed E-state index contributed by atoms with van der Waals surface area (Å²) in [4.78, 5) is 26.1. The number of carbonyl (C=O) groups is 1. The van der Waals surface area contributed by atoms with E-state index in [0.717, 1.165) is 44.8 Å². The summed E-state index contributed by atoms with van der Waals surface area (Å²) in [5.41, 5.74) is 2.59. The Labute approximate surface area is 161 Å². The van der Waals surface area contributed by atoms with Gasteiger partial charge >= 0.3 is 0 Å². The van der Waals surface area contributed by atoms with Crippen LogP contribution in [0.4, 0.5) is 5.95 Å². The van der Waals surface area contributed by atoms with Gasteiger partial charge in [-0.15, -0.1) is 0 Å². The molecule has 0 radical (unpaired) electrons. The van der Waals surface area contributed by atoms with Crippen molar-refractivity contribution in [3.8, 4) is 0 Å². The molecule has 2 aromatic rings. The zero-order valence-corrected chi connectivity index (χ0v) is 16.5. The number of hydrogen-bond donors (Lipinski definition) is 1. The van der Waals surface area contributed by atoms with E-state index in [-0.39, 0.29) is 11.9 Å². The van der Waals surface area contributed by atoms with Crippen LogP contribution >= 0.6 is 0 Å². The second-order valence-corrected chi connectivity index (χ2v) is 7.23. The van der Waals surface area contributed by atoms with Gasteiger partial charge in [0.1, 0.15) is 5.69 Å². The molecule has 1 unspecified atom stereocenters. The van der Waals surface area contributed by atoms with Crippen molar-refractivity contribution in [3.05, 3.63) is 53.3 Å². The summed E-state index contributed by atoms with van der Waals surface area (Å²) in [7, 11) is 0. The second kappa shape index (κ2) is 8.95. The fourth-order valence-electron chi connectivity index (χ4n) is 3.18. The monoisotopic (exact) mass is 367 g/mol. The highest BCUT2D eigenvalue weighted by Crippen LogP contribution is 2.13. The van der Waals surface area contributed by atoms with Crippen molar-refractivity contribution in [2.45, 2.75) is 39.8 Å². The zero-order valence-electron chi connectivity index (χ0n) is 16.5. The van der Waals surface area contributed by atoms with Crippen LogP contribution in [0.15, 0.2) is 36.4 Å². The molecule has 1 aliphatic heterocycles. The Kier molecular flexibility index (Phi) is 6.40. The normalized spacial score (nSPS) is 16.2. The number of nitrogens with zero attached hydrogens (tertiary/aromatic N) is 4. The third-order valence-corrected chi connectivity index (χ3v) is 4.97. The maximum Gasteiger partial charge on any atom is 0.272 e. The number of anilines is 1. The van der Waals surface area contributed by atoms with E-state index in [1.54, 1.807) is 6.07 Å². The molecule has 1 N–H and O–H groups in total. The smallest absolute Gasteiger partial charge is 0.272 e. The van der Waals surface area contributed by atoms with E-state index >= 15 is 0 Å². The molecule has 6 nitrogen and oxygen atoms in total. The fraction of sp³-hybridized carbons (Fsp3) is 0.476. The number of hydrogen-bond acceptors (Lipinski definition) is 5. The van der Waals surface area contributed by atoms with E-state index in [1.807, 2.05) is 17.9 Å². The third-order valence-electron chi connectivity index (χ3n) is 4.97. The molecule has 0 aliphatic carbocycles. The SMILES string of the molecule is CCC(C)Nc1nc(C)cc(C(=O)N2CCN(Cc3ccccc3)CC2)n1. The molecule has 1 saturated heterocycles. The van der Waals surface area contributed by atoms with Gasteiger partial charge in [-0.1, -0.05) is 37.3 Å². The minimum absolute atomic E-state index is 0.00735. The molecule has 1 aromatic heterocycles. The topological polar surface area (TPSA) is 61.4 Å². The van der Waals surface area contributed by atoms with Gasteiger partial charge in [-0.25, -0.2) is 9.97 Å². The Morgan fingerprint density at radius 1 is 1.15 bits per heavy atom. The van der Waals surface area contributed by atoms with Crippen LogP contribution in [0, 0.1) is 6.92 Å². The Hall–Kier alpha value is -2.47. The summed E-state index contributed by atoms with van der Waals surface area (Å²) in [6.45, 7) is 10.2. The maximum absolute atomic E-state index is 12.9. The van der Waals surface area contributed by atoms with Crippen LogP contribution in [0.2, 0.25) is 0 Å². The van der Waals surface area contributed by atoms with E-state index < -0.39 is 0 Å². The lowest BCUT2D eigenvalue weighted by Crippen LogP contribution is -2.48. The lowest BCUT2D eigenvalue weighted by atomic mass is 10.2. The average Bonchev–Trinajstić information content (AvgIpc) is 2.68. The summed E-state index contributed by atoms with van der Waals surface area (Å²) < 4.78 is 0. The minimum Gasteiger partial charge on any atom is -0.352 e. The van der Waals surface area contributed by atoms with Crippen LogP contribution < -0.4 is 5.32 Å². The Morgan fingerprint density at radius 2 is 1.85 bits per heavy atom.